The fraction of sp³-hybridized carbons (Fsp3) is 0.746. The summed E-state index contributed by atoms with van der Waals surface area (Å²) in [4.78, 5) is 88.7. The minimum Gasteiger partial charge on any atom is -0.479 e. The number of esters is 2. The Morgan fingerprint density at radius 3 is 1.56 bits per heavy atom. The highest BCUT2D eigenvalue weighted by Gasteiger charge is 2.52. The van der Waals surface area contributed by atoms with E-state index in [1.165, 1.54) is 38.1 Å². The minimum atomic E-state index is -1.34. The molecule has 4 heterocycles. The molecule has 4 rings (SSSR count). The Labute approximate surface area is 582 Å². The van der Waals surface area contributed by atoms with Crippen LogP contribution in [0, 0.1) is 18.3 Å². The number of nitrogens with one attached hydrogen (secondary N) is 4. The highest BCUT2D eigenvalue weighted by molar-refractivity contribution is 5.94. The van der Waals surface area contributed by atoms with Crippen LogP contribution in [0.4, 0.5) is 14.4 Å². The van der Waals surface area contributed by atoms with Gasteiger partial charge in [0.2, 0.25) is 17.4 Å². The van der Waals surface area contributed by atoms with Gasteiger partial charge in [0.05, 0.1) is 118 Å². The lowest BCUT2D eigenvalue weighted by Gasteiger charge is -2.42. The molecule has 4 aliphatic heterocycles. The molecule has 0 aliphatic carbocycles. The van der Waals surface area contributed by atoms with Gasteiger partial charge in [-0.25, -0.2) is 24.0 Å². The number of terminal acetylenes is 1. The quantitative estimate of drug-likeness (QED) is 0.0129. The summed E-state index contributed by atoms with van der Waals surface area (Å²) in [5.74, 6) is -2.22. The van der Waals surface area contributed by atoms with Gasteiger partial charge in [-0.15, -0.1) is 6.42 Å². The van der Waals surface area contributed by atoms with E-state index in [9.17, 15) is 28.8 Å². The SMILES string of the molecule is C#CCOCCOCCOCCOCCN(CCOCCN(C)C(=C)O[C@@H]([C@@H]1OC(C(=O)OC)=C[C@H](N=C(C)NC(=O)OC(C)(C)C)[C@H]1C)[C@H]1COC(C)(C)O1)CCOCCN(C)C(=O)O[C@@H]([C@@H]1OC(C(=O)OC)=C[C@H](NC(=C)NC(=O)OC(C)(C)C)[C@H]1NC(C)=O)[C@H]1COC(C)(C)O1. The lowest BCUT2D eigenvalue weighted by Crippen LogP contribution is -2.64. The van der Waals surface area contributed by atoms with Crippen molar-refractivity contribution in [3.8, 4) is 12.3 Å². The van der Waals surface area contributed by atoms with Crippen molar-refractivity contribution in [2.75, 3.05) is 154 Å². The van der Waals surface area contributed by atoms with E-state index in [-0.39, 0.29) is 75.2 Å². The number of hydrogen-bond acceptors (Lipinski definition) is 28. The zero-order valence-corrected chi connectivity index (χ0v) is 60.9. The molecule has 0 spiro atoms. The second-order valence-corrected chi connectivity index (χ2v) is 26.5. The number of carbonyl (C=O) groups is 6. The van der Waals surface area contributed by atoms with Crippen LogP contribution in [0.5, 0.6) is 0 Å². The molecule has 0 radical (unpaired) electrons. The molecule has 2 saturated heterocycles. The molecule has 0 unspecified atom stereocenters. The van der Waals surface area contributed by atoms with Crippen LogP contribution in [0.2, 0.25) is 0 Å². The molecule has 99 heavy (non-hydrogen) atoms. The van der Waals surface area contributed by atoms with E-state index in [0.29, 0.717) is 79.0 Å². The Morgan fingerprint density at radius 1 is 0.636 bits per heavy atom. The molecule has 0 aromatic rings. The number of methoxy groups -OCH3 is 2. The molecule has 4 amide bonds. The first kappa shape index (κ1) is 84.4. The average Bonchev–Trinajstić information content (AvgIpc) is 1.78. The molecule has 0 saturated carbocycles. The summed E-state index contributed by atoms with van der Waals surface area (Å²) in [5, 5.41) is 11.0. The lowest BCUT2D eigenvalue weighted by atomic mass is 9.87. The van der Waals surface area contributed by atoms with Crippen molar-refractivity contribution in [2.24, 2.45) is 10.9 Å². The monoisotopic (exact) mass is 1410 g/mol. The fourth-order valence-corrected chi connectivity index (χ4v) is 10.1. The Bertz CT molecular complexity index is 2760. The van der Waals surface area contributed by atoms with Crippen LogP contribution in [-0.4, -0.2) is 288 Å². The predicted molar refractivity (Wildman–Crippen MR) is 358 cm³/mol. The second kappa shape index (κ2) is 41.0. The van der Waals surface area contributed by atoms with Gasteiger partial charge in [0, 0.05) is 59.7 Å². The van der Waals surface area contributed by atoms with Crippen molar-refractivity contribution in [2.45, 2.75) is 168 Å². The number of likely N-dealkylation sites (N-methyl/N-ethyl adjacent to an activating group) is 2. The van der Waals surface area contributed by atoms with E-state index >= 15 is 0 Å². The molecule has 32 nitrogen and oxygen atoms in total. The maximum Gasteiger partial charge on any atom is 0.413 e. The van der Waals surface area contributed by atoms with Crippen molar-refractivity contribution in [3.63, 3.8) is 0 Å². The molecule has 0 aromatic carbocycles. The first-order valence-electron chi connectivity index (χ1n) is 33.0. The fourth-order valence-electron chi connectivity index (χ4n) is 10.1. The van der Waals surface area contributed by atoms with Crippen molar-refractivity contribution < 1.29 is 114 Å². The predicted octanol–water partition coefficient (Wildman–Crippen LogP) is 3.87. The number of alkyl carbamates (subject to hydrolysis) is 2. The Hall–Kier alpha value is -7.03. The Balaban J connectivity index is 1.41. The zero-order valence-electron chi connectivity index (χ0n) is 60.9. The first-order valence-corrected chi connectivity index (χ1v) is 33.0. The van der Waals surface area contributed by atoms with E-state index < -0.39 is 120 Å². The molecule has 32 heteroatoms. The number of ether oxygens (including phenoxy) is 18. The van der Waals surface area contributed by atoms with Crippen LogP contribution in [0.3, 0.4) is 0 Å². The lowest BCUT2D eigenvalue weighted by molar-refractivity contribution is -0.178. The first-order chi connectivity index (χ1) is 46.5. The smallest absolute Gasteiger partial charge is 0.413 e. The standard InChI is InChI=1S/C67H110N8O24/c1-21-27-84-33-35-88-37-38-89-36-34-87-32-26-75(24-30-85-28-22-73(17)47(6)92-56(52-41-90-66(13,14)96-52)55-43(2)48(39-50(93-55)59(77)82-19)68-44(3)70-61(79)98-64(7,8)9)25-31-86-29-23-74(18)63(81)95-57(53-42-91-67(15,16)97-53)58-54(72-46(5)76)49(40-51(94-58)60(78)83-20)69-45(4)71-62(80)99-65(10,11)12/h1,39-40,43,48-49,52-58,69H,4,6,22-38,41-42H2,2-3,5,7-20H3,(H,71,80)(H,72,76)(H,68,70,79)/t43-,48+,49+,52-,53-,54-,55-,56-,57-,58-/m1/s1. The van der Waals surface area contributed by atoms with Crippen LogP contribution in [0.15, 0.2) is 53.5 Å². The summed E-state index contributed by atoms with van der Waals surface area (Å²) in [6.45, 7) is 35.8. The van der Waals surface area contributed by atoms with Gasteiger partial charge in [-0.1, -0.05) is 19.4 Å². The molecule has 0 aromatic heterocycles. The van der Waals surface area contributed by atoms with Crippen LogP contribution >= 0.6 is 0 Å². The van der Waals surface area contributed by atoms with Crippen LogP contribution in [0.25, 0.3) is 0 Å². The normalized spacial score (nSPS) is 22.5. The molecular weight excluding hydrogens is 1300 g/mol. The highest BCUT2D eigenvalue weighted by atomic mass is 16.8. The number of hydrogen-bond donors (Lipinski definition) is 4. The highest BCUT2D eigenvalue weighted by Crippen LogP contribution is 2.37. The topological polar surface area (TPSA) is 339 Å². The van der Waals surface area contributed by atoms with E-state index in [1.807, 2.05) is 6.92 Å². The summed E-state index contributed by atoms with van der Waals surface area (Å²) in [7, 11) is 5.71. The second-order valence-electron chi connectivity index (χ2n) is 26.5. The van der Waals surface area contributed by atoms with Gasteiger partial charge in [0.15, 0.2) is 35.8 Å². The summed E-state index contributed by atoms with van der Waals surface area (Å²) in [6.07, 6.45) is -0.325. The molecule has 0 bridgehead atoms. The zero-order chi connectivity index (χ0) is 73.7. The van der Waals surface area contributed by atoms with Gasteiger partial charge in [-0.3, -0.25) is 25.3 Å². The Kier molecular flexibility index (Phi) is 35.0. The van der Waals surface area contributed by atoms with E-state index in [0.717, 1.165) is 7.11 Å². The minimum absolute atomic E-state index is 0.0498. The average molecular weight is 1410 g/mol. The summed E-state index contributed by atoms with van der Waals surface area (Å²) >= 11 is 0. The number of rotatable bonds is 40. The molecule has 562 valence electrons. The number of carbonyl (C=O) groups excluding carboxylic acids is 6. The maximum absolute atomic E-state index is 14.2. The molecule has 4 aliphatic rings. The Morgan fingerprint density at radius 2 is 1.08 bits per heavy atom. The number of amides is 4. The molecule has 4 N–H and O–H groups in total. The van der Waals surface area contributed by atoms with E-state index in [1.54, 1.807) is 88.1 Å². The van der Waals surface area contributed by atoms with Gasteiger partial charge in [0.1, 0.15) is 47.8 Å². The summed E-state index contributed by atoms with van der Waals surface area (Å²) in [5.41, 5.74) is -1.59. The van der Waals surface area contributed by atoms with E-state index in [2.05, 4.69) is 45.2 Å². The maximum atomic E-state index is 14.2. The van der Waals surface area contributed by atoms with Crippen molar-refractivity contribution >= 4 is 42.0 Å². The summed E-state index contributed by atoms with van der Waals surface area (Å²) in [6, 6.07) is -2.82. The van der Waals surface area contributed by atoms with Crippen molar-refractivity contribution in [3.05, 3.63) is 48.5 Å². The molecule has 2 fully saturated rings. The third-order valence-corrected chi connectivity index (χ3v) is 14.9. The van der Waals surface area contributed by atoms with Gasteiger partial charge in [0.25, 0.3) is 0 Å². The number of nitrogens with zero attached hydrogens (tertiary/aromatic N) is 4. The third kappa shape index (κ3) is 31.2. The van der Waals surface area contributed by atoms with Gasteiger partial charge in [-0.2, -0.15) is 0 Å². The summed E-state index contributed by atoms with van der Waals surface area (Å²) < 4.78 is 105. The van der Waals surface area contributed by atoms with E-state index in [4.69, 9.17) is 96.7 Å². The van der Waals surface area contributed by atoms with Gasteiger partial charge in [-0.05, 0) is 94.9 Å². The number of aliphatic imine (C=N–C) groups is 1. The number of amidine groups is 1. The van der Waals surface area contributed by atoms with Crippen LogP contribution in [0.1, 0.15) is 90.0 Å². The van der Waals surface area contributed by atoms with Crippen molar-refractivity contribution in [1.82, 2.24) is 36.0 Å². The largest absolute Gasteiger partial charge is 0.479 e. The van der Waals surface area contributed by atoms with Gasteiger partial charge < -0.3 is 106 Å². The molecular formula is C67H110N8O24. The van der Waals surface area contributed by atoms with Crippen molar-refractivity contribution in [1.29, 1.82) is 0 Å². The van der Waals surface area contributed by atoms with Crippen LogP contribution in [-0.2, 0) is 99.6 Å². The van der Waals surface area contributed by atoms with Crippen LogP contribution < -0.4 is 21.3 Å². The molecule has 10 atom stereocenters. The van der Waals surface area contributed by atoms with Gasteiger partial charge >= 0.3 is 30.2 Å². The third-order valence-electron chi connectivity index (χ3n) is 14.9.